The summed E-state index contributed by atoms with van der Waals surface area (Å²) in [6, 6.07) is -1.59. The zero-order valence-corrected chi connectivity index (χ0v) is 39.0. The molecule has 24 nitrogen and oxygen atoms in total. The summed E-state index contributed by atoms with van der Waals surface area (Å²) < 4.78 is 0. The molecule has 67 heavy (non-hydrogen) atoms. The number of nitrogens with two attached hydrogens (primary N) is 3. The normalized spacial score (nSPS) is 14.5. The summed E-state index contributed by atoms with van der Waals surface area (Å²) >= 11 is 3.96. The standard InChI is InChI=1S/C42H67N11O13S/c1-5-23(4)34(53-37(61)26(13-15-32(55)56)47-31(54)20-43)40(64)49-25(12-9-17-46-42(44)45)35(59)51-29(19-24-10-7-6-8-11-24)39(63)48-27(14-16-33(57)58)36(60)50-28(18-22(2)3)38(62)52-30(21-67)41(65)66/h6-8,10-11,22-23,25-30,34,67H,5,9,12-21,43H2,1-4H3,(H,47,54)(H,48,63)(H,49,64)(H,50,60)(H,51,59)(H,52,62)(H,53,61)(H,55,56)(H,57,58)(H,65,66)(H4,44,45,46)/t23-,25-,26-,27-,28-,29-,30-,34-/m0/s1. The van der Waals surface area contributed by atoms with E-state index in [0.29, 0.717) is 12.0 Å². The Morgan fingerprint density at radius 2 is 1.09 bits per heavy atom. The van der Waals surface area contributed by atoms with Gasteiger partial charge < -0.3 is 69.7 Å². The monoisotopic (exact) mass is 965 g/mol. The second-order valence-corrected chi connectivity index (χ2v) is 16.5. The third-order valence-electron chi connectivity index (χ3n) is 10.2. The maximum atomic E-state index is 14.3. The number of thiol groups is 1. The first kappa shape index (κ1) is 58.5. The van der Waals surface area contributed by atoms with Gasteiger partial charge in [-0.2, -0.15) is 12.6 Å². The van der Waals surface area contributed by atoms with E-state index in [-0.39, 0.29) is 56.3 Å². The zero-order chi connectivity index (χ0) is 50.8. The summed E-state index contributed by atoms with van der Waals surface area (Å²) in [5.41, 5.74) is 16.9. The summed E-state index contributed by atoms with van der Waals surface area (Å²) in [6.07, 6.45) is -1.78. The molecule has 7 amide bonds. The number of carboxylic acids is 3. The van der Waals surface area contributed by atoms with Crippen LogP contribution >= 0.6 is 12.6 Å². The van der Waals surface area contributed by atoms with Gasteiger partial charge in [0.05, 0.1) is 6.54 Å². The van der Waals surface area contributed by atoms with Gasteiger partial charge >= 0.3 is 17.9 Å². The number of hydrogen-bond donors (Lipinski definition) is 14. The van der Waals surface area contributed by atoms with Crippen molar-refractivity contribution in [3.63, 3.8) is 0 Å². The molecule has 374 valence electrons. The van der Waals surface area contributed by atoms with Crippen LogP contribution in [-0.2, 0) is 54.4 Å². The highest BCUT2D eigenvalue weighted by Crippen LogP contribution is 2.13. The summed E-state index contributed by atoms with van der Waals surface area (Å²) in [5, 5.41) is 45.6. The Kier molecular flexibility index (Phi) is 26.8. The van der Waals surface area contributed by atoms with Crippen molar-refractivity contribution < 1.29 is 63.3 Å². The molecule has 0 heterocycles. The number of aliphatic imine (C=N–C) groups is 1. The van der Waals surface area contributed by atoms with Gasteiger partial charge in [-0.3, -0.25) is 48.1 Å². The van der Waals surface area contributed by atoms with Crippen molar-refractivity contribution in [2.24, 2.45) is 34.0 Å². The van der Waals surface area contributed by atoms with Crippen LogP contribution < -0.4 is 54.4 Å². The van der Waals surface area contributed by atoms with E-state index >= 15 is 0 Å². The number of nitrogens with one attached hydrogen (secondary N) is 7. The quantitative estimate of drug-likeness (QED) is 0.0153. The highest BCUT2D eigenvalue weighted by molar-refractivity contribution is 7.80. The molecule has 0 radical (unpaired) electrons. The van der Waals surface area contributed by atoms with Crippen LogP contribution in [0.25, 0.3) is 0 Å². The van der Waals surface area contributed by atoms with E-state index in [0.717, 1.165) is 0 Å². The first-order chi connectivity index (χ1) is 31.5. The lowest BCUT2D eigenvalue weighted by Gasteiger charge is -2.29. The highest BCUT2D eigenvalue weighted by Gasteiger charge is 2.35. The molecule has 0 aliphatic heterocycles. The van der Waals surface area contributed by atoms with E-state index in [1.165, 1.54) is 0 Å². The minimum Gasteiger partial charge on any atom is -0.481 e. The van der Waals surface area contributed by atoms with E-state index in [1.54, 1.807) is 58.0 Å². The van der Waals surface area contributed by atoms with Gasteiger partial charge in [-0.15, -0.1) is 0 Å². The SMILES string of the molecule is CC[C@H](C)[C@H](NC(=O)[C@H](CCC(=O)O)NC(=O)CN)C(=O)N[C@@H](CCCN=C(N)N)C(=O)N[C@@H](Cc1ccccc1)C(=O)N[C@@H](CCC(=O)O)C(=O)N[C@@H](CC(C)C)C(=O)N[C@@H](CS)C(=O)O. The van der Waals surface area contributed by atoms with Crippen LogP contribution in [0.5, 0.6) is 0 Å². The van der Waals surface area contributed by atoms with Gasteiger partial charge in [0.15, 0.2) is 5.96 Å². The molecule has 0 unspecified atom stereocenters. The van der Waals surface area contributed by atoms with Crippen molar-refractivity contribution in [1.82, 2.24) is 37.2 Å². The van der Waals surface area contributed by atoms with Gasteiger partial charge in [0.1, 0.15) is 42.3 Å². The third-order valence-corrected chi connectivity index (χ3v) is 10.6. The fourth-order valence-corrected chi connectivity index (χ4v) is 6.60. The van der Waals surface area contributed by atoms with Gasteiger partial charge in [0.2, 0.25) is 41.4 Å². The highest BCUT2D eigenvalue weighted by atomic mass is 32.1. The maximum absolute atomic E-state index is 14.3. The summed E-state index contributed by atoms with van der Waals surface area (Å²) in [5.74, 6) is -11.5. The lowest BCUT2D eigenvalue weighted by atomic mass is 9.96. The number of carbonyl (C=O) groups is 10. The Balaban J connectivity index is 3.64. The van der Waals surface area contributed by atoms with Gasteiger partial charge in [-0.1, -0.05) is 64.4 Å². The van der Waals surface area contributed by atoms with E-state index in [1.807, 2.05) is 0 Å². The molecule has 0 saturated heterocycles. The fraction of sp³-hybridized carbons (Fsp3) is 0.595. The van der Waals surface area contributed by atoms with Crippen LogP contribution in [0.15, 0.2) is 35.3 Å². The van der Waals surface area contributed by atoms with Crippen LogP contribution in [0.2, 0.25) is 0 Å². The van der Waals surface area contributed by atoms with Crippen molar-refractivity contribution in [2.45, 2.75) is 128 Å². The number of benzene rings is 1. The Bertz CT molecular complexity index is 1890. The molecule has 0 aromatic heterocycles. The molecular formula is C42H67N11O13S. The third kappa shape index (κ3) is 23.0. The van der Waals surface area contributed by atoms with Gasteiger partial charge in [0, 0.05) is 31.6 Å². The minimum absolute atomic E-state index is 0.00927. The van der Waals surface area contributed by atoms with Crippen molar-refractivity contribution in [3.05, 3.63) is 35.9 Å². The average Bonchev–Trinajstić information content (AvgIpc) is 3.26. The molecule has 0 aliphatic rings. The molecule has 0 saturated carbocycles. The van der Waals surface area contributed by atoms with Gasteiger partial charge in [-0.25, -0.2) is 4.79 Å². The molecule has 0 bridgehead atoms. The molecule has 1 aromatic carbocycles. The van der Waals surface area contributed by atoms with Crippen molar-refractivity contribution >= 4 is 77.8 Å². The number of carbonyl (C=O) groups excluding carboxylic acids is 7. The largest absolute Gasteiger partial charge is 0.481 e. The zero-order valence-electron chi connectivity index (χ0n) is 38.1. The number of amides is 7. The number of rotatable bonds is 32. The molecule has 0 aliphatic carbocycles. The number of hydrogen-bond acceptors (Lipinski definition) is 13. The first-order valence-electron chi connectivity index (χ1n) is 21.7. The number of carboxylic acid groups (broad SMARTS) is 3. The van der Waals surface area contributed by atoms with Crippen molar-refractivity contribution in [2.75, 3.05) is 18.8 Å². The van der Waals surface area contributed by atoms with E-state index in [9.17, 15) is 63.3 Å². The van der Waals surface area contributed by atoms with Gasteiger partial charge in [0.25, 0.3) is 0 Å². The number of nitrogens with zero attached hydrogens (tertiary/aromatic N) is 1. The van der Waals surface area contributed by atoms with E-state index in [2.05, 4.69) is 54.8 Å². The predicted molar refractivity (Wildman–Crippen MR) is 247 cm³/mol. The summed E-state index contributed by atoms with van der Waals surface area (Å²) in [4.78, 5) is 134. The lowest BCUT2D eigenvalue weighted by Crippen LogP contribution is -2.61. The molecule has 0 fully saturated rings. The Morgan fingerprint density at radius 1 is 0.627 bits per heavy atom. The lowest BCUT2D eigenvalue weighted by molar-refractivity contribution is -0.141. The number of guanidine groups is 1. The molecule has 0 spiro atoms. The average molecular weight is 966 g/mol. The van der Waals surface area contributed by atoms with Crippen molar-refractivity contribution in [1.29, 1.82) is 0 Å². The molecular weight excluding hydrogens is 899 g/mol. The van der Waals surface area contributed by atoms with Gasteiger partial charge in [-0.05, 0) is 49.5 Å². The molecule has 1 aromatic rings. The molecule has 8 atom stereocenters. The van der Waals surface area contributed by atoms with Crippen LogP contribution in [0, 0.1) is 11.8 Å². The molecule has 25 heteroatoms. The molecule has 1 rings (SSSR count). The van der Waals surface area contributed by atoms with E-state index in [4.69, 9.17) is 17.2 Å². The van der Waals surface area contributed by atoms with E-state index < -0.39 is 133 Å². The summed E-state index contributed by atoms with van der Waals surface area (Å²) in [6.45, 7) is 6.34. The van der Waals surface area contributed by atoms with Crippen molar-refractivity contribution in [3.8, 4) is 0 Å². The Labute approximate surface area is 393 Å². The van der Waals surface area contributed by atoms with Crippen LogP contribution in [-0.4, -0.2) is 142 Å². The smallest absolute Gasteiger partial charge is 0.327 e. The van der Waals surface area contributed by atoms with Crippen LogP contribution in [0.1, 0.15) is 84.6 Å². The van der Waals surface area contributed by atoms with Crippen LogP contribution in [0.4, 0.5) is 0 Å². The second-order valence-electron chi connectivity index (χ2n) is 16.2. The molecule has 16 N–H and O–H groups in total. The number of aliphatic carboxylic acids is 3. The summed E-state index contributed by atoms with van der Waals surface area (Å²) in [7, 11) is 0. The predicted octanol–water partition coefficient (Wildman–Crippen LogP) is -2.53. The Hall–Kier alpha value is -6.50. The topological polar surface area (TPSA) is 406 Å². The fourth-order valence-electron chi connectivity index (χ4n) is 6.35. The van der Waals surface area contributed by atoms with Crippen LogP contribution in [0.3, 0.4) is 0 Å². The second kappa shape index (κ2) is 30.7. The first-order valence-corrected chi connectivity index (χ1v) is 22.3. The minimum atomic E-state index is -1.59. The maximum Gasteiger partial charge on any atom is 0.327 e. The Morgan fingerprint density at radius 3 is 1.58 bits per heavy atom.